The monoisotopic (exact) mass is 452 g/mol. The van der Waals surface area contributed by atoms with Gasteiger partial charge in [-0.2, -0.15) is 0 Å². The van der Waals surface area contributed by atoms with Gasteiger partial charge in [0.2, 0.25) is 0 Å². The van der Waals surface area contributed by atoms with Gasteiger partial charge in [-0.15, -0.1) is 0 Å². The largest absolute Gasteiger partial charge is 0.444 e. The summed E-state index contributed by atoms with van der Waals surface area (Å²) >= 11 is 0. The maximum atomic E-state index is 13.0. The third-order valence-electron chi connectivity index (χ3n) is 6.45. The topological polar surface area (TPSA) is 59.1 Å². The van der Waals surface area contributed by atoms with Gasteiger partial charge < -0.3 is 19.3 Å². The maximum Gasteiger partial charge on any atom is 0.410 e. The van der Waals surface area contributed by atoms with E-state index in [0.29, 0.717) is 31.5 Å². The zero-order valence-electron chi connectivity index (χ0n) is 21.6. The Labute approximate surface area is 196 Å². The Balaban J connectivity index is 2.17. The first-order valence-electron chi connectivity index (χ1n) is 12.9. The predicted molar refractivity (Wildman–Crippen MR) is 129 cm³/mol. The minimum Gasteiger partial charge on any atom is -0.444 e. The standard InChI is InChI=1S/C26H48N2O4/c1-25(2,3)31-23(29)27-17-13-18-28(24(30)32-26(4,5)6)20-22(16-19-27)21-14-11-9-7-8-10-12-15-21/h21-22H,7-20H2,1-6H3. The molecular weight excluding hydrogens is 404 g/mol. The minimum absolute atomic E-state index is 0.226. The highest BCUT2D eigenvalue weighted by Gasteiger charge is 2.32. The molecule has 0 aromatic rings. The number of rotatable bonds is 1. The first-order chi connectivity index (χ1) is 14.9. The summed E-state index contributed by atoms with van der Waals surface area (Å²) in [6, 6.07) is 0. The molecule has 0 radical (unpaired) electrons. The second-order valence-electron chi connectivity index (χ2n) is 11.8. The van der Waals surface area contributed by atoms with Crippen molar-refractivity contribution in [2.24, 2.45) is 11.8 Å². The molecule has 1 atom stereocenters. The number of carbonyl (C=O) groups excluding carboxylic acids is 2. The molecule has 0 aromatic carbocycles. The van der Waals surface area contributed by atoms with Gasteiger partial charge in [-0.1, -0.05) is 51.4 Å². The van der Waals surface area contributed by atoms with Crippen molar-refractivity contribution in [3.63, 3.8) is 0 Å². The molecule has 32 heavy (non-hydrogen) atoms. The Kier molecular flexibility index (Phi) is 10.2. The Hall–Kier alpha value is -1.46. The van der Waals surface area contributed by atoms with Crippen LogP contribution in [-0.2, 0) is 9.47 Å². The molecule has 6 nitrogen and oxygen atoms in total. The first-order valence-corrected chi connectivity index (χ1v) is 12.9. The van der Waals surface area contributed by atoms with Crippen molar-refractivity contribution in [2.45, 2.75) is 117 Å². The van der Waals surface area contributed by atoms with Gasteiger partial charge in [0, 0.05) is 26.2 Å². The normalized spacial score (nSPS) is 23.1. The lowest BCUT2D eigenvalue weighted by atomic mass is 9.82. The van der Waals surface area contributed by atoms with Crippen molar-refractivity contribution in [3.05, 3.63) is 0 Å². The van der Waals surface area contributed by atoms with Gasteiger partial charge in [0.25, 0.3) is 0 Å². The van der Waals surface area contributed by atoms with Crippen LogP contribution in [0.3, 0.4) is 0 Å². The van der Waals surface area contributed by atoms with Crippen molar-refractivity contribution in [1.29, 1.82) is 0 Å². The van der Waals surface area contributed by atoms with Crippen molar-refractivity contribution in [1.82, 2.24) is 9.80 Å². The van der Waals surface area contributed by atoms with Crippen LogP contribution < -0.4 is 0 Å². The number of amides is 2. The van der Waals surface area contributed by atoms with Gasteiger partial charge in [-0.3, -0.25) is 0 Å². The van der Waals surface area contributed by atoms with E-state index in [0.717, 1.165) is 19.4 Å². The molecule has 2 rings (SSSR count). The molecule has 2 aliphatic rings. The van der Waals surface area contributed by atoms with Crippen LogP contribution >= 0.6 is 0 Å². The minimum atomic E-state index is -0.508. The molecule has 0 N–H and O–H groups in total. The zero-order valence-corrected chi connectivity index (χ0v) is 21.6. The second-order valence-corrected chi connectivity index (χ2v) is 11.8. The van der Waals surface area contributed by atoms with E-state index in [1.54, 1.807) is 0 Å². The molecule has 0 aromatic heterocycles. The summed E-state index contributed by atoms with van der Waals surface area (Å²) in [6.07, 6.45) is 11.4. The van der Waals surface area contributed by atoms with Crippen LogP contribution in [0.25, 0.3) is 0 Å². The van der Waals surface area contributed by atoms with Crippen molar-refractivity contribution in [3.8, 4) is 0 Å². The molecule has 2 fully saturated rings. The quantitative estimate of drug-likeness (QED) is 0.448. The number of carbonyl (C=O) groups is 2. The average molecular weight is 453 g/mol. The SMILES string of the molecule is CC(C)(C)OC(=O)N1CCCN(C(=O)OC(C)(C)C)CC(C2CCCCCCCC2)CC1. The van der Waals surface area contributed by atoms with E-state index in [2.05, 4.69) is 0 Å². The summed E-state index contributed by atoms with van der Waals surface area (Å²) in [5, 5.41) is 0. The summed E-state index contributed by atoms with van der Waals surface area (Å²) in [5.41, 5.74) is -1.01. The van der Waals surface area contributed by atoms with Crippen LogP contribution in [0.4, 0.5) is 9.59 Å². The Morgan fingerprint density at radius 2 is 1.06 bits per heavy atom. The van der Waals surface area contributed by atoms with Crippen molar-refractivity contribution >= 4 is 12.2 Å². The molecule has 1 unspecified atom stereocenters. The van der Waals surface area contributed by atoms with E-state index in [9.17, 15) is 9.59 Å². The molecule has 1 heterocycles. The summed E-state index contributed by atoms with van der Waals surface area (Å²) in [7, 11) is 0. The summed E-state index contributed by atoms with van der Waals surface area (Å²) in [4.78, 5) is 29.6. The summed E-state index contributed by atoms with van der Waals surface area (Å²) < 4.78 is 11.4. The van der Waals surface area contributed by atoms with Gasteiger partial charge >= 0.3 is 12.2 Å². The molecule has 1 saturated carbocycles. The molecule has 1 saturated heterocycles. The van der Waals surface area contributed by atoms with Crippen LogP contribution in [-0.4, -0.2) is 59.4 Å². The lowest BCUT2D eigenvalue weighted by Crippen LogP contribution is -2.41. The van der Waals surface area contributed by atoms with Crippen LogP contribution in [0, 0.1) is 11.8 Å². The molecule has 1 aliphatic carbocycles. The number of nitrogens with zero attached hydrogens (tertiary/aromatic N) is 2. The fourth-order valence-corrected chi connectivity index (χ4v) is 4.87. The summed E-state index contributed by atoms with van der Waals surface area (Å²) in [5.74, 6) is 0.972. The lowest BCUT2D eigenvalue weighted by Gasteiger charge is -2.33. The van der Waals surface area contributed by atoms with E-state index < -0.39 is 11.2 Å². The highest BCUT2D eigenvalue weighted by Crippen LogP contribution is 2.32. The Morgan fingerprint density at radius 1 is 0.594 bits per heavy atom. The Morgan fingerprint density at radius 3 is 1.59 bits per heavy atom. The van der Waals surface area contributed by atoms with Crippen LogP contribution in [0.5, 0.6) is 0 Å². The molecule has 1 aliphatic heterocycles. The molecule has 2 amide bonds. The number of hydrogen-bond donors (Lipinski definition) is 0. The van der Waals surface area contributed by atoms with Gasteiger partial charge in [0.05, 0.1) is 0 Å². The molecule has 0 bridgehead atoms. The maximum absolute atomic E-state index is 13.0. The van der Waals surface area contributed by atoms with Gasteiger partial charge in [-0.25, -0.2) is 9.59 Å². The number of ether oxygens (including phenoxy) is 2. The van der Waals surface area contributed by atoms with E-state index >= 15 is 0 Å². The Bertz CT molecular complexity index is 584. The van der Waals surface area contributed by atoms with Crippen molar-refractivity contribution in [2.75, 3.05) is 26.2 Å². The molecular formula is C26H48N2O4. The number of hydrogen-bond acceptors (Lipinski definition) is 4. The fourth-order valence-electron chi connectivity index (χ4n) is 4.87. The zero-order chi connectivity index (χ0) is 23.8. The second kappa shape index (κ2) is 12.1. The molecule has 186 valence electrons. The van der Waals surface area contributed by atoms with E-state index in [1.807, 2.05) is 51.3 Å². The van der Waals surface area contributed by atoms with Crippen LogP contribution in [0.15, 0.2) is 0 Å². The third-order valence-corrected chi connectivity index (χ3v) is 6.45. The molecule has 0 spiro atoms. The third kappa shape index (κ3) is 9.99. The smallest absolute Gasteiger partial charge is 0.410 e. The lowest BCUT2D eigenvalue weighted by molar-refractivity contribution is 0.0194. The van der Waals surface area contributed by atoms with E-state index in [1.165, 1.54) is 51.4 Å². The average Bonchev–Trinajstić information content (AvgIpc) is 2.85. The first kappa shape index (κ1) is 26.8. The highest BCUT2D eigenvalue weighted by atomic mass is 16.6. The van der Waals surface area contributed by atoms with Gasteiger partial charge in [-0.05, 0) is 66.2 Å². The van der Waals surface area contributed by atoms with E-state index in [4.69, 9.17) is 9.47 Å². The molecule has 6 heteroatoms. The van der Waals surface area contributed by atoms with Crippen LogP contribution in [0.2, 0.25) is 0 Å². The van der Waals surface area contributed by atoms with Gasteiger partial charge in [0.15, 0.2) is 0 Å². The fraction of sp³-hybridized carbons (Fsp3) is 0.923. The van der Waals surface area contributed by atoms with Gasteiger partial charge in [0.1, 0.15) is 11.2 Å². The predicted octanol–water partition coefficient (Wildman–Crippen LogP) is 6.62. The van der Waals surface area contributed by atoms with Crippen LogP contribution in [0.1, 0.15) is 106 Å². The highest BCUT2D eigenvalue weighted by molar-refractivity contribution is 5.69. The summed E-state index contributed by atoms with van der Waals surface area (Å²) in [6.45, 7) is 14.1. The van der Waals surface area contributed by atoms with Crippen molar-refractivity contribution < 1.29 is 19.1 Å². The van der Waals surface area contributed by atoms with E-state index in [-0.39, 0.29) is 12.2 Å².